The van der Waals surface area contributed by atoms with Gasteiger partial charge in [-0.1, -0.05) is 13.8 Å². The van der Waals surface area contributed by atoms with Gasteiger partial charge in [0.15, 0.2) is 12.0 Å². The molecular formula is C13H18FN3O2. The predicted octanol–water partition coefficient (Wildman–Crippen LogP) is 1.42. The van der Waals surface area contributed by atoms with E-state index in [1.165, 1.54) is 18.0 Å². The fourth-order valence-corrected chi connectivity index (χ4v) is 2.19. The average Bonchev–Trinajstić information content (AvgIpc) is 2.79. The summed E-state index contributed by atoms with van der Waals surface area (Å²) in [7, 11) is 0. The second-order valence-electron chi connectivity index (χ2n) is 5.17. The normalized spacial score (nSPS) is 16.4. The van der Waals surface area contributed by atoms with Crippen molar-refractivity contribution in [2.45, 2.75) is 40.0 Å². The minimum absolute atomic E-state index is 0.0518. The number of amides is 1. The Bertz CT molecular complexity index is 510. The van der Waals surface area contributed by atoms with E-state index in [0.29, 0.717) is 24.6 Å². The quantitative estimate of drug-likeness (QED) is 0.778. The van der Waals surface area contributed by atoms with Crippen LogP contribution in [0.5, 0.6) is 0 Å². The van der Waals surface area contributed by atoms with Crippen LogP contribution in [-0.2, 0) is 17.9 Å². The van der Waals surface area contributed by atoms with E-state index in [2.05, 4.69) is 4.98 Å². The molecule has 0 fully saturated rings. The van der Waals surface area contributed by atoms with Crippen molar-refractivity contribution in [1.82, 2.24) is 14.5 Å². The van der Waals surface area contributed by atoms with Crippen LogP contribution < -0.4 is 0 Å². The second-order valence-corrected chi connectivity index (χ2v) is 5.17. The Hall–Kier alpha value is -1.72. The van der Waals surface area contributed by atoms with Crippen LogP contribution in [0.1, 0.15) is 37.1 Å². The fourth-order valence-electron chi connectivity index (χ4n) is 2.19. The van der Waals surface area contributed by atoms with E-state index < -0.39 is 12.1 Å². The maximum atomic E-state index is 13.7. The number of carbonyl (C=O) groups excluding carboxylic acids is 2. The smallest absolute Gasteiger partial charge is 0.257 e. The average molecular weight is 267 g/mol. The minimum Gasteiger partial charge on any atom is -0.331 e. The molecule has 1 amide bonds. The van der Waals surface area contributed by atoms with E-state index in [-0.39, 0.29) is 18.2 Å². The van der Waals surface area contributed by atoms with Crippen LogP contribution in [0, 0.1) is 5.92 Å². The number of aromatic nitrogens is 2. The summed E-state index contributed by atoms with van der Waals surface area (Å²) in [5, 5.41) is 0. The molecule has 6 heteroatoms. The van der Waals surface area contributed by atoms with Crippen LogP contribution in [0.15, 0.2) is 6.20 Å². The van der Waals surface area contributed by atoms with Gasteiger partial charge in [0.05, 0.1) is 12.7 Å². The van der Waals surface area contributed by atoms with E-state index in [1.54, 1.807) is 18.4 Å². The van der Waals surface area contributed by atoms with Gasteiger partial charge in [0.2, 0.25) is 0 Å². The number of carbonyl (C=O) groups is 2. The van der Waals surface area contributed by atoms with Gasteiger partial charge in [0.25, 0.3) is 5.91 Å². The molecule has 19 heavy (non-hydrogen) atoms. The van der Waals surface area contributed by atoms with E-state index >= 15 is 0 Å². The van der Waals surface area contributed by atoms with Gasteiger partial charge in [-0.15, -0.1) is 0 Å². The highest BCUT2D eigenvalue weighted by Crippen LogP contribution is 2.18. The third-order valence-corrected chi connectivity index (χ3v) is 3.36. The summed E-state index contributed by atoms with van der Waals surface area (Å²) < 4.78 is 15.5. The monoisotopic (exact) mass is 267 g/mol. The van der Waals surface area contributed by atoms with Crippen LogP contribution in [0.25, 0.3) is 0 Å². The molecule has 1 atom stereocenters. The number of rotatable bonds is 3. The van der Waals surface area contributed by atoms with Crippen molar-refractivity contribution in [2.24, 2.45) is 5.92 Å². The third kappa shape index (κ3) is 2.52. The summed E-state index contributed by atoms with van der Waals surface area (Å²) in [6.45, 7) is 6.01. The first-order chi connectivity index (χ1) is 8.91. The molecule has 1 aromatic rings. The maximum absolute atomic E-state index is 13.7. The van der Waals surface area contributed by atoms with Crippen molar-refractivity contribution in [3.8, 4) is 0 Å². The molecular weight excluding hydrogens is 249 g/mol. The van der Waals surface area contributed by atoms with Crippen LogP contribution in [0.4, 0.5) is 4.39 Å². The van der Waals surface area contributed by atoms with Gasteiger partial charge in [-0.25, -0.2) is 9.37 Å². The number of Topliss-reactive ketones (excluding diaryl/α,β-unsaturated/α-hetero) is 1. The molecule has 1 aliphatic heterocycles. The molecule has 0 saturated carbocycles. The Labute approximate surface area is 111 Å². The first-order valence-corrected chi connectivity index (χ1v) is 6.40. The topological polar surface area (TPSA) is 55.2 Å². The molecule has 0 spiro atoms. The zero-order valence-corrected chi connectivity index (χ0v) is 11.4. The van der Waals surface area contributed by atoms with Gasteiger partial charge in [0, 0.05) is 20.0 Å². The van der Waals surface area contributed by atoms with Crippen LogP contribution in [-0.4, -0.2) is 38.9 Å². The van der Waals surface area contributed by atoms with Crippen molar-refractivity contribution in [3.63, 3.8) is 0 Å². The summed E-state index contributed by atoms with van der Waals surface area (Å²) in [5.41, 5.74) is 0.544. The Morgan fingerprint density at radius 2 is 2.05 bits per heavy atom. The predicted molar refractivity (Wildman–Crippen MR) is 67.4 cm³/mol. The summed E-state index contributed by atoms with van der Waals surface area (Å²) in [6.07, 6.45) is 0.0369. The maximum Gasteiger partial charge on any atom is 0.257 e. The molecule has 1 unspecified atom stereocenters. The summed E-state index contributed by atoms with van der Waals surface area (Å²) in [5.74, 6) is -0.236. The van der Waals surface area contributed by atoms with E-state index in [0.717, 1.165) is 0 Å². The lowest BCUT2D eigenvalue weighted by Crippen LogP contribution is -2.44. The molecule has 5 nitrogen and oxygen atoms in total. The van der Waals surface area contributed by atoms with Crippen LogP contribution in [0.2, 0.25) is 0 Å². The van der Waals surface area contributed by atoms with Crippen molar-refractivity contribution in [3.05, 3.63) is 17.7 Å². The molecule has 1 aromatic heterocycles. The number of ketones is 1. The summed E-state index contributed by atoms with van der Waals surface area (Å²) in [6, 6.07) is 0. The Morgan fingerprint density at radius 1 is 1.37 bits per heavy atom. The molecule has 0 saturated heterocycles. The van der Waals surface area contributed by atoms with Crippen molar-refractivity contribution in [1.29, 1.82) is 0 Å². The van der Waals surface area contributed by atoms with E-state index in [1.807, 2.05) is 0 Å². The van der Waals surface area contributed by atoms with Gasteiger partial charge >= 0.3 is 0 Å². The Kier molecular flexibility index (Phi) is 3.68. The highest BCUT2D eigenvalue weighted by molar-refractivity contribution is 5.92. The van der Waals surface area contributed by atoms with Crippen molar-refractivity contribution in [2.75, 3.05) is 6.54 Å². The molecule has 0 aliphatic carbocycles. The lowest BCUT2D eigenvalue weighted by atomic mass is 10.1. The Balaban J connectivity index is 2.15. The zero-order chi connectivity index (χ0) is 14.2. The number of imidazole rings is 1. The van der Waals surface area contributed by atoms with Crippen LogP contribution >= 0.6 is 0 Å². The molecule has 0 aromatic carbocycles. The SMILES string of the molecule is CC(=O)c1cnc2n1CCN(C(=O)C(F)C(C)C)C2. The number of fused-ring (bicyclic) bond motifs is 1. The van der Waals surface area contributed by atoms with Crippen molar-refractivity contribution >= 4 is 11.7 Å². The van der Waals surface area contributed by atoms with Gasteiger partial charge in [-0.2, -0.15) is 0 Å². The molecule has 2 rings (SSSR count). The number of nitrogens with zero attached hydrogens (tertiary/aromatic N) is 3. The standard InChI is InChI=1S/C13H18FN3O2/c1-8(2)12(14)13(19)16-4-5-17-10(9(3)18)6-15-11(17)7-16/h6,8,12H,4-5,7H2,1-3H3. The van der Waals surface area contributed by atoms with Crippen molar-refractivity contribution < 1.29 is 14.0 Å². The van der Waals surface area contributed by atoms with E-state index in [9.17, 15) is 14.0 Å². The molecule has 1 aliphatic rings. The van der Waals surface area contributed by atoms with Gasteiger partial charge in [-0.05, 0) is 5.92 Å². The van der Waals surface area contributed by atoms with Gasteiger partial charge in [0.1, 0.15) is 11.5 Å². The lowest BCUT2D eigenvalue weighted by Gasteiger charge is -2.30. The summed E-state index contributed by atoms with van der Waals surface area (Å²) in [4.78, 5) is 28.9. The first kappa shape index (κ1) is 13.7. The molecule has 0 bridgehead atoms. The Morgan fingerprint density at radius 3 is 2.63 bits per heavy atom. The molecule has 2 heterocycles. The largest absolute Gasteiger partial charge is 0.331 e. The van der Waals surface area contributed by atoms with E-state index in [4.69, 9.17) is 0 Å². The first-order valence-electron chi connectivity index (χ1n) is 6.40. The fraction of sp³-hybridized carbons (Fsp3) is 0.615. The minimum atomic E-state index is -1.48. The zero-order valence-electron chi connectivity index (χ0n) is 11.4. The highest BCUT2D eigenvalue weighted by Gasteiger charge is 2.30. The van der Waals surface area contributed by atoms with Gasteiger partial charge < -0.3 is 9.47 Å². The number of hydrogen-bond acceptors (Lipinski definition) is 3. The molecule has 0 radical (unpaired) electrons. The third-order valence-electron chi connectivity index (χ3n) is 3.36. The summed E-state index contributed by atoms with van der Waals surface area (Å²) >= 11 is 0. The van der Waals surface area contributed by atoms with Gasteiger partial charge in [-0.3, -0.25) is 9.59 Å². The number of halogens is 1. The van der Waals surface area contributed by atoms with Crippen LogP contribution in [0.3, 0.4) is 0 Å². The highest BCUT2D eigenvalue weighted by atomic mass is 19.1. The second kappa shape index (κ2) is 5.11. The lowest BCUT2D eigenvalue weighted by molar-refractivity contribution is -0.139. The molecule has 0 N–H and O–H groups in total. The molecule has 104 valence electrons. The number of alkyl halides is 1. The number of hydrogen-bond donors (Lipinski definition) is 0.